The van der Waals surface area contributed by atoms with Crippen molar-refractivity contribution in [3.63, 3.8) is 0 Å². The van der Waals surface area contributed by atoms with Crippen molar-refractivity contribution in [2.75, 3.05) is 0 Å². The number of carbonyl (C=O) groups is 2. The Morgan fingerprint density at radius 3 is 2.19 bits per heavy atom. The van der Waals surface area contributed by atoms with Crippen molar-refractivity contribution in [1.29, 1.82) is 0 Å². The molecule has 0 heterocycles. The van der Waals surface area contributed by atoms with Gasteiger partial charge in [0.2, 0.25) is 0 Å². The molecule has 0 spiro atoms. The first-order chi connectivity index (χ1) is 7.44. The quantitative estimate of drug-likeness (QED) is 0.811. The Balaban J connectivity index is 2.87. The van der Waals surface area contributed by atoms with Gasteiger partial charge in [-0.3, -0.25) is 9.59 Å². The maximum Gasteiger partial charge on any atom is 0.321 e. The number of carboxylic acid groups (broad SMARTS) is 2. The van der Waals surface area contributed by atoms with Gasteiger partial charge in [-0.2, -0.15) is 0 Å². The second kappa shape index (κ2) is 5.12. The van der Waals surface area contributed by atoms with Crippen LogP contribution in [-0.2, 0) is 16.0 Å². The smallest absolute Gasteiger partial charge is 0.321 e. The highest BCUT2D eigenvalue weighted by Gasteiger charge is 2.38. The zero-order valence-corrected chi connectivity index (χ0v) is 9.98. The molecule has 0 fully saturated rings. The van der Waals surface area contributed by atoms with Crippen LogP contribution in [0.1, 0.15) is 12.0 Å². The summed E-state index contributed by atoms with van der Waals surface area (Å²) < 4.78 is -1.44. The zero-order chi connectivity index (χ0) is 12.2. The van der Waals surface area contributed by atoms with Crippen LogP contribution >= 0.6 is 15.9 Å². The van der Waals surface area contributed by atoms with Crippen molar-refractivity contribution in [1.82, 2.24) is 0 Å². The molecule has 16 heavy (non-hydrogen) atoms. The summed E-state index contributed by atoms with van der Waals surface area (Å²) in [5.41, 5.74) is 0.781. The fourth-order valence-corrected chi connectivity index (χ4v) is 1.94. The second-order valence-corrected chi connectivity index (χ2v) is 5.02. The first kappa shape index (κ1) is 12.7. The first-order valence-corrected chi connectivity index (χ1v) is 5.41. The van der Waals surface area contributed by atoms with Crippen molar-refractivity contribution >= 4 is 27.9 Å². The molecular weight excluding hydrogens is 276 g/mol. The van der Waals surface area contributed by atoms with E-state index in [0.29, 0.717) is 0 Å². The van der Waals surface area contributed by atoms with Crippen molar-refractivity contribution in [2.45, 2.75) is 17.2 Å². The summed E-state index contributed by atoms with van der Waals surface area (Å²) >= 11 is 3.01. The van der Waals surface area contributed by atoms with E-state index in [2.05, 4.69) is 15.9 Å². The van der Waals surface area contributed by atoms with Crippen LogP contribution < -0.4 is 0 Å². The largest absolute Gasteiger partial charge is 0.481 e. The van der Waals surface area contributed by atoms with Gasteiger partial charge in [-0.25, -0.2) is 0 Å². The highest BCUT2D eigenvalue weighted by Crippen LogP contribution is 2.28. The van der Waals surface area contributed by atoms with Gasteiger partial charge in [0.25, 0.3) is 0 Å². The summed E-state index contributed by atoms with van der Waals surface area (Å²) in [4.78, 5) is 21.7. The molecular formula is C11H11BrO4. The molecule has 86 valence electrons. The predicted octanol–water partition coefficient (Wildman–Crippen LogP) is 1.92. The minimum atomic E-state index is -1.44. The number of halogens is 1. The lowest BCUT2D eigenvalue weighted by molar-refractivity contribution is -0.146. The summed E-state index contributed by atoms with van der Waals surface area (Å²) in [5, 5.41) is 17.7. The van der Waals surface area contributed by atoms with Crippen molar-refractivity contribution in [3.05, 3.63) is 35.9 Å². The average Bonchev–Trinajstić information content (AvgIpc) is 2.17. The van der Waals surface area contributed by atoms with Gasteiger partial charge in [-0.1, -0.05) is 46.3 Å². The van der Waals surface area contributed by atoms with Crippen LogP contribution in [0.3, 0.4) is 0 Å². The summed E-state index contributed by atoms with van der Waals surface area (Å²) in [5.74, 6) is -2.31. The van der Waals surface area contributed by atoms with E-state index in [1.807, 2.05) is 6.07 Å². The Bertz CT molecular complexity index is 390. The summed E-state index contributed by atoms with van der Waals surface area (Å²) in [6.45, 7) is 0. The highest BCUT2D eigenvalue weighted by atomic mass is 79.9. The third kappa shape index (κ3) is 3.34. The lowest BCUT2D eigenvalue weighted by atomic mass is 9.96. The van der Waals surface area contributed by atoms with E-state index in [0.717, 1.165) is 5.56 Å². The van der Waals surface area contributed by atoms with Gasteiger partial charge >= 0.3 is 11.9 Å². The molecule has 0 saturated heterocycles. The SMILES string of the molecule is O=C(O)CC(Br)(Cc1ccccc1)C(=O)O. The standard InChI is InChI=1S/C11H11BrO4/c12-11(10(15)16,7-9(13)14)6-8-4-2-1-3-5-8/h1-5H,6-7H2,(H,13,14)(H,15,16). The van der Waals surface area contributed by atoms with E-state index in [9.17, 15) is 9.59 Å². The molecule has 4 nitrogen and oxygen atoms in total. The molecule has 1 aromatic carbocycles. The Kier molecular flexibility index (Phi) is 4.06. The van der Waals surface area contributed by atoms with E-state index >= 15 is 0 Å². The van der Waals surface area contributed by atoms with Crippen LogP contribution in [0.4, 0.5) is 0 Å². The van der Waals surface area contributed by atoms with E-state index in [4.69, 9.17) is 10.2 Å². The molecule has 5 heteroatoms. The number of carboxylic acids is 2. The highest BCUT2D eigenvalue weighted by molar-refractivity contribution is 9.10. The fraction of sp³-hybridized carbons (Fsp3) is 0.273. The molecule has 0 aliphatic heterocycles. The molecule has 1 unspecified atom stereocenters. The molecule has 1 atom stereocenters. The molecule has 0 amide bonds. The van der Waals surface area contributed by atoms with Gasteiger partial charge in [-0.15, -0.1) is 0 Å². The normalized spacial score (nSPS) is 14.1. The van der Waals surface area contributed by atoms with E-state index in [-0.39, 0.29) is 6.42 Å². The minimum absolute atomic E-state index is 0.134. The Morgan fingerprint density at radius 2 is 1.75 bits per heavy atom. The van der Waals surface area contributed by atoms with E-state index in [1.54, 1.807) is 24.3 Å². The molecule has 0 saturated carbocycles. The Hall–Kier alpha value is -1.36. The molecule has 0 aromatic heterocycles. The minimum Gasteiger partial charge on any atom is -0.481 e. The third-order valence-electron chi connectivity index (χ3n) is 2.14. The first-order valence-electron chi connectivity index (χ1n) is 4.62. The topological polar surface area (TPSA) is 74.6 Å². The summed E-state index contributed by atoms with van der Waals surface area (Å²) in [6.07, 6.45) is -0.327. The lowest BCUT2D eigenvalue weighted by Gasteiger charge is -2.20. The number of hydrogen-bond donors (Lipinski definition) is 2. The lowest BCUT2D eigenvalue weighted by Crippen LogP contribution is -2.36. The van der Waals surface area contributed by atoms with Crippen LogP contribution in [0.15, 0.2) is 30.3 Å². The molecule has 0 aliphatic rings. The van der Waals surface area contributed by atoms with Crippen LogP contribution in [0.5, 0.6) is 0 Å². The van der Waals surface area contributed by atoms with Crippen LogP contribution in [0.25, 0.3) is 0 Å². The van der Waals surface area contributed by atoms with Crippen LogP contribution in [-0.4, -0.2) is 26.5 Å². The second-order valence-electron chi connectivity index (χ2n) is 3.50. The van der Waals surface area contributed by atoms with Crippen molar-refractivity contribution in [2.24, 2.45) is 0 Å². The molecule has 0 bridgehead atoms. The molecule has 1 aromatic rings. The predicted molar refractivity (Wildman–Crippen MR) is 61.7 cm³/mol. The fourth-order valence-electron chi connectivity index (χ4n) is 1.37. The molecule has 0 radical (unpaired) electrons. The number of aliphatic carboxylic acids is 2. The van der Waals surface area contributed by atoms with Gasteiger partial charge in [0.05, 0.1) is 6.42 Å². The number of alkyl halides is 1. The van der Waals surface area contributed by atoms with E-state index in [1.165, 1.54) is 0 Å². The number of rotatable bonds is 5. The summed E-state index contributed by atoms with van der Waals surface area (Å²) in [6, 6.07) is 8.91. The van der Waals surface area contributed by atoms with Gasteiger partial charge < -0.3 is 10.2 Å². The maximum absolute atomic E-state index is 11.1. The zero-order valence-electron chi connectivity index (χ0n) is 8.39. The number of hydrogen-bond acceptors (Lipinski definition) is 2. The van der Waals surface area contributed by atoms with Gasteiger partial charge in [-0.05, 0) is 12.0 Å². The van der Waals surface area contributed by atoms with Crippen molar-refractivity contribution < 1.29 is 19.8 Å². The Labute approximate surface area is 101 Å². The molecule has 1 rings (SSSR count). The third-order valence-corrected chi connectivity index (χ3v) is 3.04. The van der Waals surface area contributed by atoms with Gasteiger partial charge in [0, 0.05) is 0 Å². The van der Waals surface area contributed by atoms with Crippen LogP contribution in [0.2, 0.25) is 0 Å². The Morgan fingerprint density at radius 1 is 1.19 bits per heavy atom. The summed E-state index contributed by atoms with van der Waals surface area (Å²) in [7, 11) is 0. The monoisotopic (exact) mass is 286 g/mol. The maximum atomic E-state index is 11.1. The average molecular weight is 287 g/mol. The molecule has 2 N–H and O–H groups in total. The van der Waals surface area contributed by atoms with Gasteiger partial charge in [0.1, 0.15) is 4.32 Å². The van der Waals surface area contributed by atoms with Crippen LogP contribution in [0, 0.1) is 0 Å². The van der Waals surface area contributed by atoms with Crippen molar-refractivity contribution in [3.8, 4) is 0 Å². The van der Waals surface area contributed by atoms with Gasteiger partial charge in [0.15, 0.2) is 0 Å². The van der Waals surface area contributed by atoms with E-state index < -0.39 is 22.7 Å². The number of benzene rings is 1. The molecule has 0 aliphatic carbocycles.